The molecular weight excluding hydrogens is 240 g/mol. The zero-order valence-corrected chi connectivity index (χ0v) is 11.7. The molecule has 1 aromatic heterocycles. The average molecular weight is 262 g/mol. The van der Waals surface area contributed by atoms with Gasteiger partial charge in [-0.2, -0.15) is 0 Å². The van der Waals surface area contributed by atoms with E-state index in [0.717, 1.165) is 25.9 Å². The zero-order valence-electron chi connectivity index (χ0n) is 11.7. The first-order valence-corrected chi connectivity index (χ1v) is 6.89. The molecule has 0 aromatic carbocycles. The van der Waals surface area contributed by atoms with Crippen molar-refractivity contribution < 1.29 is 9.90 Å². The number of aromatic nitrogens is 1. The summed E-state index contributed by atoms with van der Waals surface area (Å²) in [6.07, 6.45) is 5.32. The highest BCUT2D eigenvalue weighted by molar-refractivity contribution is 5.75. The number of carboxylic acid groups (broad SMARTS) is 1. The van der Waals surface area contributed by atoms with E-state index < -0.39 is 11.4 Å². The molecular formula is C15H22N2O2. The first-order chi connectivity index (χ1) is 9.04. The minimum atomic E-state index is -0.645. The molecule has 1 N–H and O–H groups in total. The molecule has 1 unspecified atom stereocenters. The van der Waals surface area contributed by atoms with E-state index in [1.54, 1.807) is 12.4 Å². The summed E-state index contributed by atoms with van der Waals surface area (Å²) in [5.74, 6) is -0.468. The van der Waals surface area contributed by atoms with Crippen LogP contribution in [-0.4, -0.2) is 40.6 Å². The highest BCUT2D eigenvalue weighted by atomic mass is 16.4. The first-order valence-electron chi connectivity index (χ1n) is 6.89. The van der Waals surface area contributed by atoms with Crippen molar-refractivity contribution in [2.45, 2.75) is 26.7 Å². The summed E-state index contributed by atoms with van der Waals surface area (Å²) in [4.78, 5) is 17.8. The van der Waals surface area contributed by atoms with E-state index in [-0.39, 0.29) is 5.92 Å². The van der Waals surface area contributed by atoms with Gasteiger partial charge in [-0.3, -0.25) is 9.78 Å². The van der Waals surface area contributed by atoms with E-state index in [0.29, 0.717) is 6.54 Å². The Bertz CT molecular complexity index is 433. The van der Waals surface area contributed by atoms with E-state index in [2.05, 4.69) is 9.88 Å². The maximum absolute atomic E-state index is 11.5. The lowest BCUT2D eigenvalue weighted by Crippen LogP contribution is -2.39. The predicted octanol–water partition coefficient (Wildman–Crippen LogP) is 2.06. The molecule has 0 aliphatic carbocycles. The molecule has 19 heavy (non-hydrogen) atoms. The summed E-state index contributed by atoms with van der Waals surface area (Å²) in [5, 5.41) is 9.50. The molecule has 1 aliphatic heterocycles. The number of aliphatic carboxylic acids is 1. The monoisotopic (exact) mass is 262 g/mol. The Morgan fingerprint density at radius 1 is 1.47 bits per heavy atom. The van der Waals surface area contributed by atoms with Gasteiger partial charge in [0.05, 0.1) is 5.41 Å². The summed E-state index contributed by atoms with van der Waals surface area (Å²) in [6.45, 7) is 6.51. The smallest absolute Gasteiger partial charge is 0.311 e. The van der Waals surface area contributed by atoms with Gasteiger partial charge in [-0.05, 0) is 43.0 Å². The lowest BCUT2D eigenvalue weighted by Gasteiger charge is -2.28. The number of hydrogen-bond donors (Lipinski definition) is 1. The summed E-state index contributed by atoms with van der Waals surface area (Å²) >= 11 is 0. The SMILES string of the molecule is CC(C)C1(C(=O)O)CCN(CCc2ccncc2)C1. The first kappa shape index (κ1) is 14.0. The lowest BCUT2D eigenvalue weighted by atomic mass is 9.76. The minimum Gasteiger partial charge on any atom is -0.481 e. The van der Waals surface area contributed by atoms with Gasteiger partial charge >= 0.3 is 5.97 Å². The summed E-state index contributed by atoms with van der Waals surface area (Å²) in [5.41, 5.74) is 0.700. The summed E-state index contributed by atoms with van der Waals surface area (Å²) in [6, 6.07) is 4.03. The van der Waals surface area contributed by atoms with Crippen molar-refractivity contribution in [1.29, 1.82) is 0 Å². The molecule has 0 saturated carbocycles. The van der Waals surface area contributed by atoms with Gasteiger partial charge in [-0.15, -0.1) is 0 Å². The molecule has 0 bridgehead atoms. The second-order valence-electron chi connectivity index (χ2n) is 5.75. The Morgan fingerprint density at radius 2 is 2.16 bits per heavy atom. The quantitative estimate of drug-likeness (QED) is 0.882. The number of likely N-dealkylation sites (tertiary alicyclic amines) is 1. The van der Waals surface area contributed by atoms with E-state index in [4.69, 9.17) is 0 Å². The van der Waals surface area contributed by atoms with Gasteiger partial charge < -0.3 is 10.0 Å². The topological polar surface area (TPSA) is 53.4 Å². The van der Waals surface area contributed by atoms with Gasteiger partial charge in [-0.1, -0.05) is 13.8 Å². The molecule has 104 valence electrons. The lowest BCUT2D eigenvalue weighted by molar-refractivity contribution is -0.151. The van der Waals surface area contributed by atoms with E-state index in [1.807, 2.05) is 26.0 Å². The molecule has 1 aromatic rings. The van der Waals surface area contributed by atoms with Crippen LogP contribution in [0.1, 0.15) is 25.8 Å². The van der Waals surface area contributed by atoms with Crippen molar-refractivity contribution >= 4 is 5.97 Å². The van der Waals surface area contributed by atoms with Crippen molar-refractivity contribution in [3.63, 3.8) is 0 Å². The Kier molecular flexibility index (Phi) is 4.20. The summed E-state index contributed by atoms with van der Waals surface area (Å²) < 4.78 is 0. The second kappa shape index (κ2) is 5.70. The maximum atomic E-state index is 11.5. The Morgan fingerprint density at radius 3 is 2.68 bits per heavy atom. The molecule has 0 radical (unpaired) electrons. The maximum Gasteiger partial charge on any atom is 0.311 e. The van der Waals surface area contributed by atoms with Crippen molar-refractivity contribution in [1.82, 2.24) is 9.88 Å². The van der Waals surface area contributed by atoms with Crippen LogP contribution in [0.15, 0.2) is 24.5 Å². The minimum absolute atomic E-state index is 0.177. The Labute approximate surface area is 114 Å². The number of carbonyl (C=O) groups is 1. The zero-order chi connectivity index (χ0) is 13.9. The van der Waals surface area contributed by atoms with Crippen molar-refractivity contribution in [2.75, 3.05) is 19.6 Å². The molecule has 1 atom stereocenters. The third-order valence-corrected chi connectivity index (χ3v) is 4.38. The Hall–Kier alpha value is -1.42. The van der Waals surface area contributed by atoms with E-state index in [9.17, 15) is 9.90 Å². The predicted molar refractivity (Wildman–Crippen MR) is 73.9 cm³/mol. The van der Waals surface area contributed by atoms with Gasteiger partial charge in [0.1, 0.15) is 0 Å². The van der Waals surface area contributed by atoms with Crippen LogP contribution in [0, 0.1) is 11.3 Å². The highest BCUT2D eigenvalue weighted by Crippen LogP contribution is 2.38. The van der Waals surface area contributed by atoms with Gasteiger partial charge in [0.2, 0.25) is 0 Å². The van der Waals surface area contributed by atoms with Gasteiger partial charge in [0.25, 0.3) is 0 Å². The number of pyridine rings is 1. The van der Waals surface area contributed by atoms with Gasteiger partial charge in [0, 0.05) is 25.5 Å². The molecule has 4 heteroatoms. The van der Waals surface area contributed by atoms with Crippen LogP contribution in [0.2, 0.25) is 0 Å². The Balaban J connectivity index is 1.93. The fourth-order valence-corrected chi connectivity index (χ4v) is 2.84. The number of carboxylic acids is 1. The van der Waals surface area contributed by atoms with Crippen LogP contribution in [0.3, 0.4) is 0 Å². The van der Waals surface area contributed by atoms with Crippen molar-refractivity contribution in [3.05, 3.63) is 30.1 Å². The standard InChI is InChI=1S/C15H22N2O2/c1-12(2)15(14(18)19)6-10-17(11-15)9-5-13-3-7-16-8-4-13/h3-4,7-8,12H,5-6,9-11H2,1-2H3,(H,18,19). The largest absolute Gasteiger partial charge is 0.481 e. The second-order valence-corrected chi connectivity index (χ2v) is 5.75. The molecule has 0 spiro atoms. The van der Waals surface area contributed by atoms with Crippen LogP contribution in [0.25, 0.3) is 0 Å². The molecule has 0 amide bonds. The fraction of sp³-hybridized carbons (Fsp3) is 0.600. The van der Waals surface area contributed by atoms with Crippen molar-refractivity contribution in [3.8, 4) is 0 Å². The average Bonchev–Trinajstić information content (AvgIpc) is 2.83. The molecule has 1 aliphatic rings. The molecule has 2 heterocycles. The van der Waals surface area contributed by atoms with Crippen LogP contribution in [0.5, 0.6) is 0 Å². The van der Waals surface area contributed by atoms with Crippen LogP contribution in [-0.2, 0) is 11.2 Å². The summed E-state index contributed by atoms with van der Waals surface area (Å²) in [7, 11) is 0. The van der Waals surface area contributed by atoms with Crippen LogP contribution in [0.4, 0.5) is 0 Å². The van der Waals surface area contributed by atoms with Crippen molar-refractivity contribution in [2.24, 2.45) is 11.3 Å². The normalized spacial score (nSPS) is 23.9. The third-order valence-electron chi connectivity index (χ3n) is 4.38. The fourth-order valence-electron chi connectivity index (χ4n) is 2.84. The van der Waals surface area contributed by atoms with Gasteiger partial charge in [-0.25, -0.2) is 0 Å². The van der Waals surface area contributed by atoms with E-state index in [1.165, 1.54) is 5.56 Å². The van der Waals surface area contributed by atoms with E-state index >= 15 is 0 Å². The molecule has 4 nitrogen and oxygen atoms in total. The number of nitrogens with zero attached hydrogens (tertiary/aromatic N) is 2. The van der Waals surface area contributed by atoms with Gasteiger partial charge in [0.15, 0.2) is 0 Å². The van der Waals surface area contributed by atoms with Crippen LogP contribution >= 0.6 is 0 Å². The third kappa shape index (κ3) is 2.95. The molecule has 2 rings (SSSR count). The molecule has 1 fully saturated rings. The number of hydrogen-bond acceptors (Lipinski definition) is 3. The van der Waals surface area contributed by atoms with Crippen LogP contribution < -0.4 is 0 Å². The number of rotatable bonds is 5. The highest BCUT2D eigenvalue weighted by Gasteiger charge is 2.46. The molecule has 1 saturated heterocycles.